The topological polar surface area (TPSA) is 54.5 Å². The number of benzene rings is 1. The van der Waals surface area contributed by atoms with Crippen LogP contribution in [0.15, 0.2) is 48.7 Å². The van der Waals surface area contributed by atoms with Gasteiger partial charge in [-0.2, -0.15) is 0 Å². The fourth-order valence-corrected chi connectivity index (χ4v) is 2.41. The van der Waals surface area contributed by atoms with Gasteiger partial charge in [-0.3, -0.25) is 4.98 Å². The average molecular weight is 313 g/mol. The molecule has 0 aliphatic carbocycles. The predicted molar refractivity (Wildman–Crippen MR) is 91.7 cm³/mol. The highest BCUT2D eigenvalue weighted by Gasteiger charge is 2.22. The average Bonchev–Trinajstić information content (AvgIpc) is 2.60. The monoisotopic (exact) mass is 313 g/mol. The van der Waals surface area contributed by atoms with Crippen LogP contribution in [0.5, 0.6) is 5.75 Å². The van der Waals surface area contributed by atoms with Crippen LogP contribution >= 0.6 is 0 Å². The lowest BCUT2D eigenvalue weighted by molar-refractivity contribution is 0.199. The van der Waals surface area contributed by atoms with E-state index in [0.717, 1.165) is 30.0 Å². The Kier molecular flexibility index (Phi) is 5.97. The van der Waals surface area contributed by atoms with Gasteiger partial charge in [-0.15, -0.1) is 0 Å². The van der Waals surface area contributed by atoms with Gasteiger partial charge in [0.15, 0.2) is 0 Å². The van der Waals surface area contributed by atoms with Gasteiger partial charge >= 0.3 is 6.03 Å². The summed E-state index contributed by atoms with van der Waals surface area (Å²) in [6.45, 7) is 2.10. The lowest BCUT2D eigenvalue weighted by Gasteiger charge is -2.27. The smallest absolute Gasteiger partial charge is 0.322 e. The summed E-state index contributed by atoms with van der Waals surface area (Å²) in [5.41, 5.74) is 1.64. The molecule has 2 rings (SSSR count). The third-order valence-corrected chi connectivity index (χ3v) is 3.72. The zero-order chi connectivity index (χ0) is 16.7. The highest BCUT2D eigenvalue weighted by molar-refractivity contribution is 5.89. The minimum Gasteiger partial charge on any atom is -0.497 e. The van der Waals surface area contributed by atoms with Crippen LogP contribution < -0.4 is 10.1 Å². The number of carbonyl (C=O) groups excluding carboxylic acids is 1. The van der Waals surface area contributed by atoms with Crippen molar-refractivity contribution < 1.29 is 9.53 Å². The second-order valence-corrected chi connectivity index (χ2v) is 5.33. The Hall–Kier alpha value is -2.56. The van der Waals surface area contributed by atoms with Crippen molar-refractivity contribution in [3.05, 3.63) is 54.4 Å². The van der Waals surface area contributed by atoms with Crippen LogP contribution in [0.4, 0.5) is 10.5 Å². The third kappa shape index (κ3) is 4.45. The number of hydrogen-bond acceptors (Lipinski definition) is 3. The first kappa shape index (κ1) is 16.8. The minimum atomic E-state index is -0.153. The molecule has 0 aliphatic heterocycles. The highest BCUT2D eigenvalue weighted by atomic mass is 16.5. The number of hydrogen-bond donors (Lipinski definition) is 1. The number of nitrogens with one attached hydrogen (secondary N) is 1. The summed E-state index contributed by atoms with van der Waals surface area (Å²) in [5.74, 6) is 0.758. The van der Waals surface area contributed by atoms with Gasteiger partial charge in [-0.05, 0) is 42.8 Å². The van der Waals surface area contributed by atoms with Crippen LogP contribution in [0.3, 0.4) is 0 Å². The van der Waals surface area contributed by atoms with Crippen LogP contribution in [0, 0.1) is 0 Å². The molecule has 0 saturated carbocycles. The first-order valence-corrected chi connectivity index (χ1v) is 7.74. The first-order chi connectivity index (χ1) is 11.2. The van der Waals surface area contributed by atoms with Crippen LogP contribution in [0.25, 0.3) is 0 Å². The lowest BCUT2D eigenvalue weighted by Crippen LogP contribution is -2.35. The molecule has 0 saturated heterocycles. The molecule has 1 atom stereocenters. The molecule has 0 spiro atoms. The standard InChI is InChI=1S/C18H23N3O2/c1-4-7-17(16-8-5-6-13-19-16)21(2)18(22)20-14-9-11-15(23-3)12-10-14/h5-6,8-13,17H,4,7H2,1-3H3,(H,20,22). The van der Waals surface area contributed by atoms with E-state index in [2.05, 4.69) is 17.2 Å². The number of anilines is 1. The number of urea groups is 1. The Bertz CT molecular complexity index is 614. The van der Waals surface area contributed by atoms with E-state index in [-0.39, 0.29) is 12.1 Å². The van der Waals surface area contributed by atoms with Gasteiger partial charge in [-0.1, -0.05) is 19.4 Å². The van der Waals surface area contributed by atoms with Crippen molar-refractivity contribution in [2.24, 2.45) is 0 Å². The summed E-state index contributed by atoms with van der Waals surface area (Å²) < 4.78 is 5.12. The van der Waals surface area contributed by atoms with Gasteiger partial charge in [0.1, 0.15) is 5.75 Å². The van der Waals surface area contributed by atoms with Crippen molar-refractivity contribution in [2.45, 2.75) is 25.8 Å². The van der Waals surface area contributed by atoms with Crippen LogP contribution in [-0.4, -0.2) is 30.1 Å². The molecular formula is C18H23N3O2. The maximum absolute atomic E-state index is 12.5. The Morgan fingerprint density at radius 3 is 2.57 bits per heavy atom. The van der Waals surface area contributed by atoms with E-state index in [1.54, 1.807) is 25.3 Å². The second-order valence-electron chi connectivity index (χ2n) is 5.33. The number of rotatable bonds is 6. The molecule has 1 aromatic carbocycles. The number of methoxy groups -OCH3 is 1. The molecule has 2 aromatic rings. The summed E-state index contributed by atoms with van der Waals surface area (Å²) in [6.07, 6.45) is 3.60. The molecule has 1 N–H and O–H groups in total. The van der Waals surface area contributed by atoms with Gasteiger partial charge < -0.3 is 15.0 Å². The van der Waals surface area contributed by atoms with Gasteiger partial charge in [0.25, 0.3) is 0 Å². The molecule has 122 valence electrons. The largest absolute Gasteiger partial charge is 0.497 e. The number of carbonyl (C=O) groups is 1. The Labute approximate surface area is 137 Å². The van der Waals surface area contributed by atoms with E-state index in [9.17, 15) is 4.79 Å². The van der Waals surface area contributed by atoms with Crippen LogP contribution in [0.1, 0.15) is 31.5 Å². The number of aromatic nitrogens is 1. The Balaban J connectivity index is 2.09. The fraction of sp³-hybridized carbons (Fsp3) is 0.333. The molecule has 5 nitrogen and oxygen atoms in total. The van der Waals surface area contributed by atoms with E-state index in [1.807, 2.05) is 42.5 Å². The van der Waals surface area contributed by atoms with E-state index in [4.69, 9.17) is 4.74 Å². The molecular weight excluding hydrogens is 290 g/mol. The van der Waals surface area contributed by atoms with E-state index in [0.29, 0.717) is 0 Å². The summed E-state index contributed by atoms with van der Waals surface area (Å²) in [5, 5.41) is 2.91. The molecule has 2 amide bonds. The Morgan fingerprint density at radius 1 is 1.26 bits per heavy atom. The fourth-order valence-electron chi connectivity index (χ4n) is 2.41. The molecule has 1 unspecified atom stereocenters. The second kappa shape index (κ2) is 8.17. The normalized spacial score (nSPS) is 11.6. The maximum atomic E-state index is 12.5. The Morgan fingerprint density at radius 2 is 2.00 bits per heavy atom. The molecule has 1 aromatic heterocycles. The zero-order valence-electron chi connectivity index (χ0n) is 13.8. The molecule has 0 radical (unpaired) electrons. The summed E-state index contributed by atoms with van der Waals surface area (Å²) in [4.78, 5) is 18.6. The summed E-state index contributed by atoms with van der Waals surface area (Å²) in [7, 11) is 3.41. The predicted octanol–water partition coefficient (Wildman–Crippen LogP) is 4.10. The van der Waals surface area contributed by atoms with Crippen molar-refractivity contribution in [1.82, 2.24) is 9.88 Å². The minimum absolute atomic E-state index is 0.0422. The number of nitrogens with zero attached hydrogens (tertiary/aromatic N) is 2. The van der Waals surface area contributed by atoms with Crippen LogP contribution in [0.2, 0.25) is 0 Å². The number of amides is 2. The molecule has 1 heterocycles. The van der Waals surface area contributed by atoms with Gasteiger partial charge in [0, 0.05) is 18.9 Å². The first-order valence-electron chi connectivity index (χ1n) is 7.74. The quantitative estimate of drug-likeness (QED) is 0.873. The summed E-state index contributed by atoms with van der Waals surface area (Å²) >= 11 is 0. The van der Waals surface area contributed by atoms with E-state index < -0.39 is 0 Å². The van der Waals surface area contributed by atoms with Gasteiger partial charge in [0.05, 0.1) is 18.8 Å². The van der Waals surface area contributed by atoms with Gasteiger partial charge in [-0.25, -0.2) is 4.79 Å². The highest BCUT2D eigenvalue weighted by Crippen LogP contribution is 2.24. The third-order valence-electron chi connectivity index (χ3n) is 3.72. The lowest BCUT2D eigenvalue weighted by atomic mass is 10.1. The SMILES string of the molecule is CCCC(c1ccccn1)N(C)C(=O)Nc1ccc(OC)cc1. The van der Waals surface area contributed by atoms with Crippen molar-refractivity contribution in [3.63, 3.8) is 0 Å². The van der Waals surface area contributed by atoms with E-state index >= 15 is 0 Å². The summed E-state index contributed by atoms with van der Waals surface area (Å²) in [6, 6.07) is 12.9. The molecule has 23 heavy (non-hydrogen) atoms. The molecule has 0 bridgehead atoms. The van der Waals surface area contributed by atoms with Crippen LogP contribution in [-0.2, 0) is 0 Å². The van der Waals surface area contributed by atoms with Crippen molar-refractivity contribution in [3.8, 4) is 5.75 Å². The van der Waals surface area contributed by atoms with Crippen molar-refractivity contribution >= 4 is 11.7 Å². The molecule has 5 heteroatoms. The molecule has 0 fully saturated rings. The number of pyridine rings is 1. The van der Waals surface area contributed by atoms with Crippen molar-refractivity contribution in [1.29, 1.82) is 0 Å². The van der Waals surface area contributed by atoms with Crippen molar-refractivity contribution in [2.75, 3.05) is 19.5 Å². The van der Waals surface area contributed by atoms with E-state index in [1.165, 1.54) is 0 Å². The molecule has 0 aliphatic rings. The maximum Gasteiger partial charge on any atom is 0.322 e. The zero-order valence-corrected chi connectivity index (χ0v) is 13.8. The van der Waals surface area contributed by atoms with Gasteiger partial charge in [0.2, 0.25) is 0 Å². The number of ether oxygens (including phenoxy) is 1.